The Bertz CT molecular complexity index is 523. The number of rotatable bonds is 1. The van der Waals surface area contributed by atoms with Crippen LogP contribution < -0.4 is 0 Å². The number of allylic oxidation sites excluding steroid dienone is 1. The van der Waals surface area contributed by atoms with Gasteiger partial charge in [-0.2, -0.15) is 0 Å². The van der Waals surface area contributed by atoms with Gasteiger partial charge in [-0.05, 0) is 11.5 Å². The van der Waals surface area contributed by atoms with Crippen LogP contribution in [0.3, 0.4) is 0 Å². The Morgan fingerprint density at radius 1 is 1.25 bits per heavy atom. The van der Waals surface area contributed by atoms with Crippen LogP contribution in [0.2, 0.25) is 0 Å². The second-order valence-corrected chi connectivity index (χ2v) is 4.33. The van der Waals surface area contributed by atoms with Gasteiger partial charge < -0.3 is 4.57 Å². The monoisotopic (exact) mass is 210 g/mol. The molecule has 1 unspecified atom stereocenters. The second-order valence-electron chi connectivity index (χ2n) is 4.33. The van der Waals surface area contributed by atoms with E-state index in [4.69, 9.17) is 0 Å². The first-order valence-electron chi connectivity index (χ1n) is 5.63. The smallest absolute Gasteiger partial charge is 0.140 e. The molecule has 0 amide bonds. The van der Waals surface area contributed by atoms with Gasteiger partial charge in [-0.15, -0.1) is 0 Å². The molecule has 0 saturated heterocycles. The molecule has 0 aliphatic carbocycles. The maximum atomic E-state index is 4.44. The molecule has 2 nitrogen and oxygen atoms in total. The van der Waals surface area contributed by atoms with Crippen molar-refractivity contribution in [3.05, 3.63) is 60.2 Å². The van der Waals surface area contributed by atoms with Crippen molar-refractivity contribution >= 4 is 5.57 Å². The minimum Gasteiger partial charge on any atom is -0.330 e. The molecule has 0 fully saturated rings. The van der Waals surface area contributed by atoms with Gasteiger partial charge in [0.25, 0.3) is 0 Å². The summed E-state index contributed by atoms with van der Waals surface area (Å²) < 4.78 is 2.23. The van der Waals surface area contributed by atoms with Crippen molar-refractivity contribution < 1.29 is 0 Å². The van der Waals surface area contributed by atoms with Crippen molar-refractivity contribution in [2.75, 3.05) is 0 Å². The number of benzene rings is 1. The molecule has 0 N–H and O–H groups in total. The summed E-state index contributed by atoms with van der Waals surface area (Å²) in [6.45, 7) is 3.28. The lowest BCUT2D eigenvalue weighted by Gasteiger charge is -2.20. The molecule has 16 heavy (non-hydrogen) atoms. The molecule has 1 aromatic carbocycles. The average Bonchev–Trinajstić information content (AvgIpc) is 2.77. The molecule has 3 rings (SSSR count). The van der Waals surface area contributed by atoms with Crippen molar-refractivity contribution in [1.29, 1.82) is 0 Å². The molecular weight excluding hydrogens is 196 g/mol. The fourth-order valence-corrected chi connectivity index (χ4v) is 2.27. The third kappa shape index (κ3) is 1.47. The van der Waals surface area contributed by atoms with Crippen LogP contribution in [0.5, 0.6) is 0 Å². The van der Waals surface area contributed by atoms with Crippen LogP contribution in [-0.2, 0) is 6.54 Å². The Morgan fingerprint density at radius 2 is 2.06 bits per heavy atom. The van der Waals surface area contributed by atoms with Gasteiger partial charge in [-0.3, -0.25) is 0 Å². The highest BCUT2D eigenvalue weighted by atomic mass is 15.1. The molecule has 1 aliphatic rings. The van der Waals surface area contributed by atoms with E-state index >= 15 is 0 Å². The summed E-state index contributed by atoms with van der Waals surface area (Å²) >= 11 is 0. The molecule has 1 aliphatic heterocycles. The van der Waals surface area contributed by atoms with E-state index < -0.39 is 0 Å². The minimum atomic E-state index is 0.567. The predicted octanol–water partition coefficient (Wildman–Crippen LogP) is 2.96. The number of nitrogens with zero attached hydrogens (tertiary/aromatic N) is 2. The molecular formula is C14H14N2. The molecule has 80 valence electrons. The highest BCUT2D eigenvalue weighted by Crippen LogP contribution is 2.28. The quantitative estimate of drug-likeness (QED) is 0.707. The molecule has 0 radical (unpaired) electrons. The first-order valence-corrected chi connectivity index (χ1v) is 5.63. The average molecular weight is 210 g/mol. The topological polar surface area (TPSA) is 17.8 Å². The zero-order valence-corrected chi connectivity index (χ0v) is 9.30. The standard InChI is InChI=1S/C14H14N2/c1-11-9-13(12-5-3-2-4-6-12)14-15-7-8-16(14)10-11/h2-9,11H,10H2,1H3. The third-order valence-corrected chi connectivity index (χ3v) is 2.98. The molecule has 2 heteroatoms. The molecule has 1 aromatic heterocycles. The molecule has 0 saturated carbocycles. The maximum absolute atomic E-state index is 4.44. The van der Waals surface area contributed by atoms with Gasteiger partial charge in [0.15, 0.2) is 0 Å². The zero-order chi connectivity index (χ0) is 11.0. The Morgan fingerprint density at radius 3 is 2.88 bits per heavy atom. The summed E-state index contributed by atoms with van der Waals surface area (Å²) in [6.07, 6.45) is 6.25. The SMILES string of the molecule is CC1C=C(c2ccccc2)c2nccn2C1. The van der Waals surface area contributed by atoms with Crippen LogP contribution in [0, 0.1) is 5.92 Å². The first kappa shape index (κ1) is 9.40. The van der Waals surface area contributed by atoms with E-state index in [1.165, 1.54) is 11.1 Å². The van der Waals surface area contributed by atoms with Gasteiger partial charge in [-0.1, -0.05) is 43.3 Å². The number of aromatic nitrogens is 2. The van der Waals surface area contributed by atoms with E-state index in [0.29, 0.717) is 5.92 Å². The maximum Gasteiger partial charge on any atom is 0.140 e. The van der Waals surface area contributed by atoms with Gasteiger partial charge in [-0.25, -0.2) is 4.98 Å². The molecule has 0 bridgehead atoms. The normalized spacial score (nSPS) is 19.1. The highest BCUT2D eigenvalue weighted by Gasteiger charge is 2.18. The first-order chi connectivity index (χ1) is 7.84. The van der Waals surface area contributed by atoms with E-state index in [1.807, 2.05) is 12.3 Å². The Labute approximate surface area is 95.3 Å². The fourth-order valence-electron chi connectivity index (χ4n) is 2.27. The second kappa shape index (κ2) is 3.63. The summed E-state index contributed by atoms with van der Waals surface area (Å²) in [6, 6.07) is 10.5. The van der Waals surface area contributed by atoms with Crippen LogP contribution in [-0.4, -0.2) is 9.55 Å². The Balaban J connectivity index is 2.14. The van der Waals surface area contributed by atoms with Crippen molar-refractivity contribution in [2.45, 2.75) is 13.5 Å². The molecule has 2 heterocycles. The molecule has 0 spiro atoms. The Hall–Kier alpha value is -1.83. The van der Waals surface area contributed by atoms with E-state index in [2.05, 4.69) is 53.0 Å². The third-order valence-electron chi connectivity index (χ3n) is 2.98. The van der Waals surface area contributed by atoms with E-state index in [0.717, 1.165) is 12.4 Å². The van der Waals surface area contributed by atoms with Crippen molar-refractivity contribution in [1.82, 2.24) is 9.55 Å². The van der Waals surface area contributed by atoms with Gasteiger partial charge in [0.2, 0.25) is 0 Å². The number of imidazole rings is 1. The summed E-state index contributed by atoms with van der Waals surface area (Å²) in [5.41, 5.74) is 2.51. The van der Waals surface area contributed by atoms with Crippen LogP contribution in [0.4, 0.5) is 0 Å². The predicted molar refractivity (Wildman–Crippen MR) is 64.9 cm³/mol. The van der Waals surface area contributed by atoms with E-state index in [-0.39, 0.29) is 0 Å². The minimum absolute atomic E-state index is 0.567. The van der Waals surface area contributed by atoms with Gasteiger partial charge in [0, 0.05) is 24.5 Å². The van der Waals surface area contributed by atoms with Crippen molar-refractivity contribution in [2.24, 2.45) is 5.92 Å². The fraction of sp³-hybridized carbons (Fsp3) is 0.214. The summed E-state index contributed by atoms with van der Waals surface area (Å²) in [5.74, 6) is 1.65. The largest absolute Gasteiger partial charge is 0.330 e. The summed E-state index contributed by atoms with van der Waals surface area (Å²) in [7, 11) is 0. The van der Waals surface area contributed by atoms with Crippen molar-refractivity contribution in [3.8, 4) is 0 Å². The van der Waals surface area contributed by atoms with Crippen LogP contribution in [0.15, 0.2) is 48.8 Å². The molecule has 2 aromatic rings. The lowest BCUT2D eigenvalue weighted by atomic mass is 9.97. The van der Waals surface area contributed by atoms with E-state index in [1.54, 1.807) is 0 Å². The van der Waals surface area contributed by atoms with Crippen LogP contribution in [0.25, 0.3) is 5.57 Å². The number of fused-ring (bicyclic) bond motifs is 1. The van der Waals surface area contributed by atoms with Gasteiger partial charge in [0.1, 0.15) is 5.82 Å². The number of hydrogen-bond donors (Lipinski definition) is 0. The lowest BCUT2D eigenvalue weighted by molar-refractivity contribution is 0.552. The van der Waals surface area contributed by atoms with Crippen LogP contribution >= 0.6 is 0 Å². The summed E-state index contributed by atoms with van der Waals surface area (Å²) in [4.78, 5) is 4.44. The number of hydrogen-bond acceptors (Lipinski definition) is 1. The zero-order valence-electron chi connectivity index (χ0n) is 9.30. The Kier molecular flexibility index (Phi) is 2.13. The van der Waals surface area contributed by atoms with Gasteiger partial charge >= 0.3 is 0 Å². The highest BCUT2D eigenvalue weighted by molar-refractivity contribution is 5.77. The van der Waals surface area contributed by atoms with E-state index in [9.17, 15) is 0 Å². The molecule has 1 atom stereocenters. The van der Waals surface area contributed by atoms with Crippen LogP contribution in [0.1, 0.15) is 18.3 Å². The van der Waals surface area contributed by atoms with Crippen molar-refractivity contribution in [3.63, 3.8) is 0 Å². The lowest BCUT2D eigenvalue weighted by Crippen LogP contribution is -2.14. The van der Waals surface area contributed by atoms with Gasteiger partial charge in [0.05, 0.1) is 0 Å². The summed E-state index contributed by atoms with van der Waals surface area (Å²) in [5, 5.41) is 0.